The second-order valence-electron chi connectivity index (χ2n) is 5.83. The molecule has 8 heteroatoms. The molecule has 1 aliphatic rings. The molecule has 0 spiro atoms. The summed E-state index contributed by atoms with van der Waals surface area (Å²) in [7, 11) is 1.78. The number of anilines is 1. The normalized spacial score (nSPS) is 15.0. The van der Waals surface area contributed by atoms with Gasteiger partial charge in [0, 0.05) is 40.2 Å². The molecule has 0 unspecified atom stereocenters. The Hall–Kier alpha value is -2.22. The van der Waals surface area contributed by atoms with Gasteiger partial charge in [0.05, 0.1) is 11.2 Å². The van der Waals surface area contributed by atoms with Crippen LogP contribution in [0, 0.1) is 5.82 Å². The number of para-hydroxylation sites is 1. The molecule has 1 saturated heterocycles. The minimum atomic E-state index is -0.352. The number of likely N-dealkylation sites (N-methyl/N-ethyl adjacent to an activating group) is 1. The zero-order chi connectivity index (χ0) is 17.3. The van der Waals surface area contributed by atoms with Gasteiger partial charge < -0.3 is 14.7 Å². The van der Waals surface area contributed by atoms with Crippen molar-refractivity contribution in [1.82, 2.24) is 14.8 Å². The van der Waals surface area contributed by atoms with Crippen LogP contribution in [-0.4, -0.2) is 66.4 Å². The third-order valence-electron chi connectivity index (χ3n) is 4.14. The Morgan fingerprint density at radius 2 is 1.92 bits per heavy atom. The quantitative estimate of drug-likeness (QED) is 0.843. The fraction of sp³-hybridized carbons (Fsp3) is 0.438. The van der Waals surface area contributed by atoms with Crippen LogP contribution in [0.5, 0.6) is 0 Å². The highest BCUT2D eigenvalue weighted by atomic mass is 32.1. The summed E-state index contributed by atoms with van der Waals surface area (Å²) in [4.78, 5) is 33.3. The van der Waals surface area contributed by atoms with Crippen LogP contribution in [0.4, 0.5) is 9.52 Å². The van der Waals surface area contributed by atoms with Crippen LogP contribution in [-0.2, 0) is 9.59 Å². The Morgan fingerprint density at radius 3 is 2.54 bits per heavy atom. The van der Waals surface area contributed by atoms with E-state index < -0.39 is 0 Å². The second-order valence-corrected chi connectivity index (χ2v) is 6.84. The summed E-state index contributed by atoms with van der Waals surface area (Å²) in [6, 6.07) is 4.85. The van der Waals surface area contributed by atoms with Crippen LogP contribution in [0.25, 0.3) is 10.2 Å². The molecule has 3 rings (SSSR count). The van der Waals surface area contributed by atoms with Crippen molar-refractivity contribution >= 4 is 38.5 Å². The lowest BCUT2D eigenvalue weighted by Crippen LogP contribution is -2.52. The minimum absolute atomic E-state index is 0.0135. The standard InChI is InChI=1S/C16H19FN4O2S/c1-11(22)20-6-8-21(9-7-20)14(23)10-19(2)16-18-15-12(17)4-3-5-13(15)24-16/h3-5H,6-10H2,1-2H3. The average molecular weight is 350 g/mol. The Kier molecular flexibility index (Phi) is 4.66. The van der Waals surface area contributed by atoms with E-state index >= 15 is 0 Å². The molecule has 2 heterocycles. The fourth-order valence-electron chi connectivity index (χ4n) is 2.71. The van der Waals surface area contributed by atoms with Crippen LogP contribution in [0.2, 0.25) is 0 Å². The summed E-state index contributed by atoms with van der Waals surface area (Å²) in [6.45, 7) is 3.94. The number of hydrogen-bond acceptors (Lipinski definition) is 5. The van der Waals surface area contributed by atoms with Crippen molar-refractivity contribution in [2.75, 3.05) is 44.7 Å². The van der Waals surface area contributed by atoms with Gasteiger partial charge in [-0.2, -0.15) is 0 Å². The van der Waals surface area contributed by atoms with Crippen molar-refractivity contribution in [3.63, 3.8) is 0 Å². The van der Waals surface area contributed by atoms with Gasteiger partial charge >= 0.3 is 0 Å². The monoisotopic (exact) mass is 350 g/mol. The molecule has 0 atom stereocenters. The van der Waals surface area contributed by atoms with Crippen molar-refractivity contribution in [1.29, 1.82) is 0 Å². The lowest BCUT2D eigenvalue weighted by atomic mass is 10.3. The van der Waals surface area contributed by atoms with E-state index in [1.807, 2.05) is 6.07 Å². The SMILES string of the molecule is CC(=O)N1CCN(C(=O)CN(C)c2nc3c(F)cccc3s2)CC1. The smallest absolute Gasteiger partial charge is 0.242 e. The van der Waals surface area contributed by atoms with Gasteiger partial charge in [0.2, 0.25) is 11.8 Å². The van der Waals surface area contributed by atoms with Gasteiger partial charge in [-0.1, -0.05) is 17.4 Å². The minimum Gasteiger partial charge on any atom is -0.342 e. The molecule has 0 saturated carbocycles. The number of benzene rings is 1. The van der Waals surface area contributed by atoms with Gasteiger partial charge in [-0.25, -0.2) is 9.37 Å². The molecule has 2 aromatic rings. The van der Waals surface area contributed by atoms with Gasteiger partial charge in [-0.15, -0.1) is 0 Å². The summed E-state index contributed by atoms with van der Waals surface area (Å²) >= 11 is 1.36. The van der Waals surface area contributed by atoms with Crippen LogP contribution < -0.4 is 4.90 Å². The number of carbonyl (C=O) groups is 2. The molecular formula is C16H19FN4O2S. The highest BCUT2D eigenvalue weighted by Gasteiger charge is 2.23. The van der Waals surface area contributed by atoms with Crippen molar-refractivity contribution in [2.45, 2.75) is 6.92 Å². The molecule has 0 aliphatic carbocycles. The van der Waals surface area contributed by atoms with Crippen molar-refractivity contribution in [3.05, 3.63) is 24.0 Å². The zero-order valence-corrected chi connectivity index (χ0v) is 14.5. The van der Waals surface area contributed by atoms with Crippen LogP contribution in [0.3, 0.4) is 0 Å². The highest BCUT2D eigenvalue weighted by molar-refractivity contribution is 7.22. The molecule has 1 fully saturated rings. The zero-order valence-electron chi connectivity index (χ0n) is 13.7. The Balaban J connectivity index is 1.63. The van der Waals surface area contributed by atoms with E-state index in [9.17, 15) is 14.0 Å². The molecule has 128 valence electrons. The number of aromatic nitrogens is 1. The first-order valence-corrected chi connectivity index (χ1v) is 8.57. The number of amides is 2. The van der Waals surface area contributed by atoms with Gasteiger partial charge in [-0.05, 0) is 12.1 Å². The number of nitrogens with zero attached hydrogens (tertiary/aromatic N) is 4. The summed E-state index contributed by atoms with van der Waals surface area (Å²) < 4.78 is 14.5. The lowest BCUT2D eigenvalue weighted by Gasteiger charge is -2.35. The van der Waals surface area contributed by atoms with E-state index in [1.165, 1.54) is 24.3 Å². The molecule has 0 radical (unpaired) electrons. The molecule has 1 aliphatic heterocycles. The molecule has 1 aromatic carbocycles. The Morgan fingerprint density at radius 1 is 1.25 bits per heavy atom. The van der Waals surface area contributed by atoms with Crippen LogP contribution in [0.15, 0.2) is 18.2 Å². The maximum atomic E-state index is 13.7. The summed E-state index contributed by atoms with van der Waals surface area (Å²) in [5.41, 5.74) is 0.340. The van der Waals surface area contributed by atoms with Crippen LogP contribution in [0.1, 0.15) is 6.92 Å². The van der Waals surface area contributed by atoms with E-state index in [-0.39, 0.29) is 24.2 Å². The second kappa shape index (κ2) is 6.72. The molecule has 6 nitrogen and oxygen atoms in total. The van der Waals surface area contributed by atoms with E-state index in [4.69, 9.17) is 0 Å². The van der Waals surface area contributed by atoms with Crippen molar-refractivity contribution < 1.29 is 14.0 Å². The number of hydrogen-bond donors (Lipinski definition) is 0. The van der Waals surface area contributed by atoms with E-state index in [0.29, 0.717) is 36.8 Å². The number of fused-ring (bicyclic) bond motifs is 1. The topological polar surface area (TPSA) is 56.8 Å². The molecule has 24 heavy (non-hydrogen) atoms. The first-order chi connectivity index (χ1) is 11.5. The first kappa shape index (κ1) is 16.6. The first-order valence-electron chi connectivity index (χ1n) is 7.75. The average Bonchev–Trinajstić information content (AvgIpc) is 3.00. The van der Waals surface area contributed by atoms with E-state index in [1.54, 1.807) is 27.8 Å². The van der Waals surface area contributed by atoms with Crippen LogP contribution >= 0.6 is 11.3 Å². The molecule has 0 N–H and O–H groups in total. The number of carbonyl (C=O) groups excluding carboxylic acids is 2. The number of piperazine rings is 1. The van der Waals surface area contributed by atoms with Gasteiger partial charge in [0.25, 0.3) is 0 Å². The Labute approximate surface area is 143 Å². The maximum absolute atomic E-state index is 13.7. The molecule has 1 aromatic heterocycles. The lowest BCUT2D eigenvalue weighted by molar-refractivity contribution is -0.137. The largest absolute Gasteiger partial charge is 0.342 e. The fourth-order valence-corrected chi connectivity index (χ4v) is 3.65. The van der Waals surface area contributed by atoms with Gasteiger partial charge in [0.15, 0.2) is 5.13 Å². The highest BCUT2D eigenvalue weighted by Crippen LogP contribution is 2.29. The summed E-state index contributed by atoms with van der Waals surface area (Å²) in [5.74, 6) is -0.328. The van der Waals surface area contributed by atoms with E-state index in [2.05, 4.69) is 4.98 Å². The van der Waals surface area contributed by atoms with Crippen molar-refractivity contribution in [3.8, 4) is 0 Å². The van der Waals surface area contributed by atoms with Gasteiger partial charge in [0.1, 0.15) is 11.3 Å². The third-order valence-corrected chi connectivity index (χ3v) is 5.27. The third kappa shape index (κ3) is 3.33. The Bertz CT molecular complexity index is 771. The van der Waals surface area contributed by atoms with E-state index in [0.717, 1.165) is 4.70 Å². The molecular weight excluding hydrogens is 331 g/mol. The maximum Gasteiger partial charge on any atom is 0.242 e. The number of rotatable bonds is 3. The predicted octanol–water partition coefficient (Wildman–Crippen LogP) is 1.56. The predicted molar refractivity (Wildman–Crippen MR) is 91.7 cm³/mol. The van der Waals surface area contributed by atoms with Gasteiger partial charge in [-0.3, -0.25) is 9.59 Å². The molecule has 2 amide bonds. The number of thiazole rings is 1. The summed E-state index contributed by atoms with van der Waals surface area (Å²) in [6.07, 6.45) is 0. The summed E-state index contributed by atoms with van der Waals surface area (Å²) in [5, 5.41) is 0.617. The van der Waals surface area contributed by atoms with Crippen molar-refractivity contribution in [2.24, 2.45) is 0 Å². The number of halogens is 1. The molecule has 0 bridgehead atoms.